The molecular formula is C18H30N2O2. The van der Waals surface area contributed by atoms with Gasteiger partial charge in [0.25, 0.3) is 0 Å². The molecule has 0 amide bonds. The third-order valence-corrected chi connectivity index (χ3v) is 4.31. The van der Waals surface area contributed by atoms with Crippen molar-refractivity contribution in [3.8, 4) is 5.75 Å². The van der Waals surface area contributed by atoms with Gasteiger partial charge in [-0.3, -0.25) is 9.80 Å². The van der Waals surface area contributed by atoms with Crippen LogP contribution in [-0.4, -0.2) is 68.4 Å². The molecule has 1 unspecified atom stereocenters. The third-order valence-electron chi connectivity index (χ3n) is 4.31. The maximum absolute atomic E-state index is 5.81. The van der Waals surface area contributed by atoms with E-state index in [-0.39, 0.29) is 0 Å². The summed E-state index contributed by atoms with van der Waals surface area (Å²) in [4.78, 5) is 5.10. The fourth-order valence-electron chi connectivity index (χ4n) is 2.98. The van der Waals surface area contributed by atoms with Crippen molar-refractivity contribution in [3.63, 3.8) is 0 Å². The zero-order chi connectivity index (χ0) is 15.6. The molecule has 4 heteroatoms. The van der Waals surface area contributed by atoms with Gasteiger partial charge in [0.15, 0.2) is 0 Å². The van der Waals surface area contributed by atoms with Crippen LogP contribution in [0.15, 0.2) is 30.3 Å². The SMILES string of the molecule is CCOCCN1CCN(CCOc2ccccc2)CC1CC. The number of piperazine rings is 1. The van der Waals surface area contributed by atoms with Crippen LogP contribution in [0.4, 0.5) is 0 Å². The summed E-state index contributed by atoms with van der Waals surface area (Å²) in [5, 5.41) is 0. The highest BCUT2D eigenvalue weighted by molar-refractivity contribution is 5.20. The van der Waals surface area contributed by atoms with E-state index in [9.17, 15) is 0 Å². The lowest BCUT2D eigenvalue weighted by atomic mass is 10.1. The van der Waals surface area contributed by atoms with E-state index in [1.807, 2.05) is 30.3 Å². The second kappa shape index (κ2) is 9.82. The van der Waals surface area contributed by atoms with Crippen LogP contribution in [0.5, 0.6) is 5.75 Å². The minimum Gasteiger partial charge on any atom is -0.492 e. The van der Waals surface area contributed by atoms with E-state index < -0.39 is 0 Å². The summed E-state index contributed by atoms with van der Waals surface area (Å²) in [6, 6.07) is 10.7. The number of hydrogen-bond acceptors (Lipinski definition) is 4. The van der Waals surface area contributed by atoms with Crippen LogP contribution in [-0.2, 0) is 4.74 Å². The van der Waals surface area contributed by atoms with Crippen LogP contribution in [0.3, 0.4) is 0 Å². The summed E-state index contributed by atoms with van der Waals surface area (Å²) < 4.78 is 11.3. The molecule has 1 aromatic carbocycles. The van der Waals surface area contributed by atoms with Gasteiger partial charge in [-0.1, -0.05) is 25.1 Å². The standard InChI is InChI=1S/C18H30N2O2/c1-3-17-16-19(10-11-20(17)13-14-21-4-2)12-15-22-18-8-6-5-7-9-18/h5-9,17H,3-4,10-16H2,1-2H3. The molecule has 124 valence electrons. The average molecular weight is 306 g/mol. The van der Waals surface area contributed by atoms with Gasteiger partial charge in [-0.15, -0.1) is 0 Å². The summed E-state index contributed by atoms with van der Waals surface area (Å²) in [6.07, 6.45) is 1.20. The van der Waals surface area contributed by atoms with Gasteiger partial charge in [0.2, 0.25) is 0 Å². The highest BCUT2D eigenvalue weighted by atomic mass is 16.5. The molecule has 0 N–H and O–H groups in total. The van der Waals surface area contributed by atoms with Crippen molar-refractivity contribution in [1.82, 2.24) is 9.80 Å². The number of hydrogen-bond donors (Lipinski definition) is 0. The summed E-state index contributed by atoms with van der Waals surface area (Å²) in [6.45, 7) is 12.2. The summed E-state index contributed by atoms with van der Waals surface area (Å²) in [5.74, 6) is 0.963. The summed E-state index contributed by atoms with van der Waals surface area (Å²) in [7, 11) is 0. The number of rotatable bonds is 9. The Morgan fingerprint density at radius 3 is 2.59 bits per heavy atom. The molecule has 1 aliphatic rings. The van der Waals surface area contributed by atoms with E-state index in [2.05, 4.69) is 23.6 Å². The van der Waals surface area contributed by atoms with Crippen LogP contribution in [0.2, 0.25) is 0 Å². The van der Waals surface area contributed by atoms with Gasteiger partial charge in [-0.05, 0) is 25.5 Å². The van der Waals surface area contributed by atoms with Crippen molar-refractivity contribution < 1.29 is 9.47 Å². The lowest BCUT2D eigenvalue weighted by molar-refractivity contribution is 0.0369. The van der Waals surface area contributed by atoms with Gasteiger partial charge in [-0.2, -0.15) is 0 Å². The topological polar surface area (TPSA) is 24.9 Å². The predicted molar refractivity (Wildman–Crippen MR) is 90.5 cm³/mol. The van der Waals surface area contributed by atoms with E-state index in [1.165, 1.54) is 6.42 Å². The molecule has 1 atom stereocenters. The quantitative estimate of drug-likeness (QED) is 0.655. The van der Waals surface area contributed by atoms with Crippen molar-refractivity contribution in [2.45, 2.75) is 26.3 Å². The molecule has 0 bridgehead atoms. The number of ether oxygens (including phenoxy) is 2. The minimum atomic E-state index is 0.644. The third kappa shape index (κ3) is 5.59. The zero-order valence-corrected chi connectivity index (χ0v) is 14.0. The van der Waals surface area contributed by atoms with Gasteiger partial charge in [0.05, 0.1) is 6.61 Å². The minimum absolute atomic E-state index is 0.644. The molecule has 0 aromatic heterocycles. The number of para-hydroxylation sites is 1. The van der Waals surface area contributed by atoms with Gasteiger partial charge in [-0.25, -0.2) is 0 Å². The monoisotopic (exact) mass is 306 g/mol. The molecule has 0 radical (unpaired) electrons. The second-order valence-electron chi connectivity index (χ2n) is 5.76. The maximum Gasteiger partial charge on any atom is 0.119 e. The smallest absolute Gasteiger partial charge is 0.119 e. The Bertz CT molecular complexity index is 399. The normalized spacial score (nSPS) is 20.2. The lowest BCUT2D eigenvalue weighted by Gasteiger charge is -2.41. The first-order valence-corrected chi connectivity index (χ1v) is 8.55. The van der Waals surface area contributed by atoms with Crippen molar-refractivity contribution >= 4 is 0 Å². The Balaban J connectivity index is 1.69. The van der Waals surface area contributed by atoms with Gasteiger partial charge in [0, 0.05) is 45.4 Å². The van der Waals surface area contributed by atoms with E-state index in [0.29, 0.717) is 6.04 Å². The van der Waals surface area contributed by atoms with Crippen molar-refractivity contribution in [3.05, 3.63) is 30.3 Å². The first-order valence-electron chi connectivity index (χ1n) is 8.55. The molecule has 22 heavy (non-hydrogen) atoms. The Morgan fingerprint density at radius 1 is 1.05 bits per heavy atom. The molecule has 0 spiro atoms. The first kappa shape index (κ1) is 17.3. The second-order valence-corrected chi connectivity index (χ2v) is 5.76. The van der Waals surface area contributed by atoms with Crippen LogP contribution >= 0.6 is 0 Å². The molecule has 2 rings (SSSR count). The van der Waals surface area contributed by atoms with Crippen molar-refractivity contribution in [1.29, 1.82) is 0 Å². The van der Waals surface area contributed by atoms with Gasteiger partial charge < -0.3 is 9.47 Å². The molecule has 0 aliphatic carbocycles. The van der Waals surface area contributed by atoms with Gasteiger partial charge in [0.1, 0.15) is 12.4 Å². The molecule has 4 nitrogen and oxygen atoms in total. The summed E-state index contributed by atoms with van der Waals surface area (Å²) >= 11 is 0. The molecule has 1 aromatic rings. The Hall–Kier alpha value is -1.10. The Morgan fingerprint density at radius 2 is 1.86 bits per heavy atom. The van der Waals surface area contributed by atoms with Crippen LogP contribution in [0.1, 0.15) is 20.3 Å². The van der Waals surface area contributed by atoms with E-state index >= 15 is 0 Å². The van der Waals surface area contributed by atoms with E-state index in [1.54, 1.807) is 0 Å². The highest BCUT2D eigenvalue weighted by Crippen LogP contribution is 2.13. The zero-order valence-electron chi connectivity index (χ0n) is 14.0. The van der Waals surface area contributed by atoms with Gasteiger partial charge >= 0.3 is 0 Å². The molecule has 1 aliphatic heterocycles. The predicted octanol–water partition coefficient (Wildman–Crippen LogP) is 2.50. The lowest BCUT2D eigenvalue weighted by Crippen LogP contribution is -2.54. The Kier molecular flexibility index (Phi) is 7.71. The number of nitrogens with zero attached hydrogens (tertiary/aromatic N) is 2. The van der Waals surface area contributed by atoms with Crippen LogP contribution in [0.25, 0.3) is 0 Å². The van der Waals surface area contributed by atoms with E-state index in [0.717, 1.165) is 58.3 Å². The largest absolute Gasteiger partial charge is 0.492 e. The van der Waals surface area contributed by atoms with Crippen molar-refractivity contribution in [2.75, 3.05) is 52.5 Å². The highest BCUT2D eigenvalue weighted by Gasteiger charge is 2.25. The molecule has 0 saturated carbocycles. The Labute approximate surface area is 135 Å². The first-order chi connectivity index (χ1) is 10.8. The van der Waals surface area contributed by atoms with Crippen molar-refractivity contribution in [2.24, 2.45) is 0 Å². The maximum atomic E-state index is 5.81. The molecular weight excluding hydrogens is 276 g/mol. The summed E-state index contributed by atoms with van der Waals surface area (Å²) in [5.41, 5.74) is 0. The average Bonchev–Trinajstić information content (AvgIpc) is 2.57. The molecule has 1 saturated heterocycles. The molecule has 1 heterocycles. The molecule has 1 fully saturated rings. The van der Waals surface area contributed by atoms with E-state index in [4.69, 9.17) is 9.47 Å². The fourth-order valence-corrected chi connectivity index (χ4v) is 2.98. The number of benzene rings is 1. The fraction of sp³-hybridized carbons (Fsp3) is 0.667. The van der Waals surface area contributed by atoms with Crippen LogP contribution < -0.4 is 4.74 Å². The van der Waals surface area contributed by atoms with Crippen LogP contribution in [0, 0.1) is 0 Å².